The number of hydrogen-bond donors (Lipinski definition) is 2. The van der Waals surface area contributed by atoms with Crippen molar-refractivity contribution in [2.45, 2.75) is 12.7 Å². The first kappa shape index (κ1) is 18.4. The monoisotopic (exact) mass is 372 g/mol. The number of halogens is 3. The largest absolute Gasteiger partial charge is 0.416 e. The van der Waals surface area contributed by atoms with Crippen LogP contribution in [0, 0.1) is 0 Å². The topological polar surface area (TPSA) is 66.9 Å². The van der Waals surface area contributed by atoms with Gasteiger partial charge in [-0.15, -0.1) is 0 Å². The number of rotatable bonds is 5. The summed E-state index contributed by atoms with van der Waals surface area (Å²) < 4.78 is 37.7. The van der Waals surface area contributed by atoms with E-state index in [0.29, 0.717) is 18.1 Å². The van der Waals surface area contributed by atoms with E-state index in [9.17, 15) is 18.0 Å². The van der Waals surface area contributed by atoms with E-state index in [0.717, 1.165) is 29.8 Å². The summed E-state index contributed by atoms with van der Waals surface area (Å²) in [5.41, 5.74) is 0.814. The summed E-state index contributed by atoms with van der Waals surface area (Å²) in [6.45, 7) is 0.576. The van der Waals surface area contributed by atoms with E-state index in [1.54, 1.807) is 24.5 Å². The molecule has 1 aromatic carbocycles. The third-order valence-electron chi connectivity index (χ3n) is 3.72. The molecule has 0 aliphatic heterocycles. The molecule has 0 aliphatic carbocycles. The molecule has 3 aromatic rings. The molecule has 8 heteroatoms. The van der Waals surface area contributed by atoms with Gasteiger partial charge >= 0.3 is 6.18 Å². The van der Waals surface area contributed by atoms with Crippen LogP contribution in [0.1, 0.15) is 21.5 Å². The van der Waals surface area contributed by atoms with Crippen LogP contribution in [0.15, 0.2) is 67.1 Å². The number of nitrogens with one attached hydrogen (secondary N) is 2. The van der Waals surface area contributed by atoms with Gasteiger partial charge in [-0.3, -0.25) is 9.78 Å². The molecule has 5 nitrogen and oxygen atoms in total. The second kappa shape index (κ2) is 7.86. The highest BCUT2D eigenvalue weighted by Gasteiger charge is 2.30. The molecule has 138 valence electrons. The van der Waals surface area contributed by atoms with Gasteiger partial charge in [0.25, 0.3) is 5.91 Å². The fourth-order valence-electron chi connectivity index (χ4n) is 2.28. The van der Waals surface area contributed by atoms with Crippen LogP contribution in [0.3, 0.4) is 0 Å². The molecule has 1 amide bonds. The highest BCUT2D eigenvalue weighted by Crippen LogP contribution is 2.29. The number of anilines is 2. The predicted octanol–water partition coefficient (Wildman–Crippen LogP) is 4.36. The number of nitrogens with zero attached hydrogens (tertiary/aromatic N) is 2. The van der Waals surface area contributed by atoms with Crippen LogP contribution in [-0.2, 0) is 12.7 Å². The SMILES string of the molecule is O=C(Nc1ccc(NCc2ccncc2)nc1)c1ccc(C(F)(F)F)cc1. The summed E-state index contributed by atoms with van der Waals surface area (Å²) in [4.78, 5) is 20.3. The number of aromatic nitrogens is 2. The Morgan fingerprint density at radius 2 is 1.67 bits per heavy atom. The maximum atomic E-state index is 12.6. The molecular formula is C19H15F3N4O. The Labute approximate surface area is 153 Å². The van der Waals surface area contributed by atoms with E-state index in [1.807, 2.05) is 12.1 Å². The molecular weight excluding hydrogens is 357 g/mol. The van der Waals surface area contributed by atoms with Crippen LogP contribution >= 0.6 is 0 Å². The first-order valence-corrected chi connectivity index (χ1v) is 7.99. The van der Waals surface area contributed by atoms with Crippen LogP contribution < -0.4 is 10.6 Å². The number of carbonyl (C=O) groups is 1. The molecule has 0 saturated carbocycles. The Morgan fingerprint density at radius 3 is 2.26 bits per heavy atom. The van der Waals surface area contributed by atoms with E-state index >= 15 is 0 Å². The zero-order chi connectivity index (χ0) is 19.3. The summed E-state index contributed by atoms with van der Waals surface area (Å²) in [6, 6.07) is 11.1. The van der Waals surface area contributed by atoms with Crippen LogP contribution in [0.5, 0.6) is 0 Å². The molecule has 27 heavy (non-hydrogen) atoms. The lowest BCUT2D eigenvalue weighted by Gasteiger charge is -2.09. The normalized spacial score (nSPS) is 11.1. The Bertz CT molecular complexity index is 895. The molecule has 0 aliphatic rings. The van der Waals surface area contributed by atoms with Crippen LogP contribution in [0.4, 0.5) is 24.7 Å². The fourth-order valence-corrected chi connectivity index (χ4v) is 2.28. The number of hydrogen-bond acceptors (Lipinski definition) is 4. The number of amides is 1. The molecule has 0 radical (unpaired) electrons. The minimum atomic E-state index is -4.43. The number of benzene rings is 1. The van der Waals surface area contributed by atoms with Crippen molar-refractivity contribution < 1.29 is 18.0 Å². The van der Waals surface area contributed by atoms with E-state index in [1.165, 1.54) is 6.20 Å². The Balaban J connectivity index is 1.58. The van der Waals surface area contributed by atoms with Crippen molar-refractivity contribution >= 4 is 17.4 Å². The average Bonchev–Trinajstić information content (AvgIpc) is 2.68. The van der Waals surface area contributed by atoms with E-state index in [-0.39, 0.29) is 5.56 Å². The summed E-state index contributed by atoms with van der Waals surface area (Å²) in [5.74, 6) is 0.113. The fraction of sp³-hybridized carbons (Fsp3) is 0.105. The van der Waals surface area contributed by atoms with Gasteiger partial charge in [-0.25, -0.2) is 4.98 Å². The summed E-state index contributed by atoms with van der Waals surface area (Å²) in [5, 5.41) is 5.73. The summed E-state index contributed by atoms with van der Waals surface area (Å²) in [6.07, 6.45) is 0.434. The Hall–Kier alpha value is -3.42. The van der Waals surface area contributed by atoms with Gasteiger partial charge in [0, 0.05) is 24.5 Å². The smallest absolute Gasteiger partial charge is 0.366 e. The van der Waals surface area contributed by atoms with Crippen LogP contribution in [0.2, 0.25) is 0 Å². The van der Waals surface area contributed by atoms with Gasteiger partial charge in [-0.1, -0.05) is 0 Å². The lowest BCUT2D eigenvalue weighted by atomic mass is 10.1. The van der Waals surface area contributed by atoms with Crippen molar-refractivity contribution in [3.8, 4) is 0 Å². The van der Waals surface area contributed by atoms with Gasteiger partial charge in [0.2, 0.25) is 0 Å². The van der Waals surface area contributed by atoms with Crippen molar-refractivity contribution in [2.75, 3.05) is 10.6 Å². The van der Waals surface area contributed by atoms with Gasteiger partial charge in [0.05, 0.1) is 17.4 Å². The molecule has 0 fully saturated rings. The third-order valence-corrected chi connectivity index (χ3v) is 3.72. The highest BCUT2D eigenvalue weighted by molar-refractivity contribution is 6.04. The van der Waals surface area contributed by atoms with Crippen LogP contribution in [0.25, 0.3) is 0 Å². The van der Waals surface area contributed by atoms with E-state index < -0.39 is 17.6 Å². The molecule has 0 bridgehead atoms. The molecule has 2 N–H and O–H groups in total. The first-order valence-electron chi connectivity index (χ1n) is 7.99. The molecule has 3 rings (SSSR count). The van der Waals surface area contributed by atoms with Gasteiger partial charge in [0.15, 0.2) is 0 Å². The number of alkyl halides is 3. The molecule has 0 atom stereocenters. The second-order valence-corrected chi connectivity index (χ2v) is 5.67. The second-order valence-electron chi connectivity index (χ2n) is 5.67. The standard InChI is InChI=1S/C19H15F3N4O/c20-19(21,22)15-3-1-14(2-4-15)18(27)26-16-5-6-17(25-12-16)24-11-13-7-9-23-10-8-13/h1-10,12H,11H2,(H,24,25)(H,26,27). The zero-order valence-corrected chi connectivity index (χ0v) is 14.0. The van der Waals surface area contributed by atoms with E-state index in [2.05, 4.69) is 20.6 Å². The molecule has 2 heterocycles. The van der Waals surface area contributed by atoms with Gasteiger partial charge in [-0.05, 0) is 54.1 Å². The summed E-state index contributed by atoms with van der Waals surface area (Å²) in [7, 11) is 0. The number of pyridine rings is 2. The average molecular weight is 372 g/mol. The highest BCUT2D eigenvalue weighted by atomic mass is 19.4. The first-order chi connectivity index (χ1) is 12.9. The molecule has 0 spiro atoms. The summed E-state index contributed by atoms with van der Waals surface area (Å²) >= 11 is 0. The molecule has 0 unspecified atom stereocenters. The lowest BCUT2D eigenvalue weighted by molar-refractivity contribution is -0.137. The van der Waals surface area contributed by atoms with Gasteiger partial charge in [0.1, 0.15) is 5.82 Å². The van der Waals surface area contributed by atoms with Crippen molar-refractivity contribution in [3.05, 3.63) is 83.8 Å². The van der Waals surface area contributed by atoms with Gasteiger partial charge in [-0.2, -0.15) is 13.2 Å². The van der Waals surface area contributed by atoms with Gasteiger partial charge < -0.3 is 10.6 Å². The van der Waals surface area contributed by atoms with Crippen molar-refractivity contribution in [1.29, 1.82) is 0 Å². The van der Waals surface area contributed by atoms with Crippen molar-refractivity contribution in [2.24, 2.45) is 0 Å². The molecule has 2 aromatic heterocycles. The zero-order valence-electron chi connectivity index (χ0n) is 14.0. The maximum Gasteiger partial charge on any atom is 0.416 e. The van der Waals surface area contributed by atoms with Crippen LogP contribution in [-0.4, -0.2) is 15.9 Å². The number of carbonyl (C=O) groups excluding carboxylic acids is 1. The lowest BCUT2D eigenvalue weighted by Crippen LogP contribution is -2.13. The van der Waals surface area contributed by atoms with E-state index in [4.69, 9.17) is 0 Å². The quantitative estimate of drug-likeness (QED) is 0.698. The van der Waals surface area contributed by atoms with Crippen molar-refractivity contribution in [3.63, 3.8) is 0 Å². The molecule has 0 saturated heterocycles. The Kier molecular flexibility index (Phi) is 5.35. The minimum Gasteiger partial charge on any atom is -0.366 e. The maximum absolute atomic E-state index is 12.6. The third kappa shape index (κ3) is 5.04. The Morgan fingerprint density at radius 1 is 0.963 bits per heavy atom. The minimum absolute atomic E-state index is 0.128. The van der Waals surface area contributed by atoms with Crippen molar-refractivity contribution in [1.82, 2.24) is 9.97 Å². The predicted molar refractivity (Wildman–Crippen MR) is 95.2 cm³/mol.